The maximum absolute atomic E-state index is 12.8. The molecule has 0 spiro atoms. The molecule has 132 valence electrons. The summed E-state index contributed by atoms with van der Waals surface area (Å²) in [6, 6.07) is 9.07. The van der Waals surface area contributed by atoms with Crippen LogP contribution in [0.15, 0.2) is 42.5 Å². The third-order valence-corrected chi connectivity index (χ3v) is 3.62. The zero-order valence-electron chi connectivity index (χ0n) is 12.5. The molecule has 0 aliphatic rings. The lowest BCUT2D eigenvalue weighted by Crippen LogP contribution is -2.32. The summed E-state index contributed by atoms with van der Waals surface area (Å²) in [5.74, 6) is -1.23. The Labute approximate surface area is 150 Å². The van der Waals surface area contributed by atoms with Crippen molar-refractivity contribution in [2.45, 2.75) is 6.18 Å². The predicted molar refractivity (Wildman–Crippen MR) is 88.9 cm³/mol. The topological polar surface area (TPSA) is 58.2 Å². The zero-order valence-corrected chi connectivity index (χ0v) is 14.0. The second-order valence-corrected chi connectivity index (χ2v) is 5.78. The maximum atomic E-state index is 12.8. The van der Waals surface area contributed by atoms with Gasteiger partial charge in [-0.3, -0.25) is 9.59 Å². The molecule has 2 rings (SSSR count). The van der Waals surface area contributed by atoms with Crippen LogP contribution in [0.2, 0.25) is 10.0 Å². The van der Waals surface area contributed by atoms with Gasteiger partial charge in [0.2, 0.25) is 5.91 Å². The highest BCUT2D eigenvalue weighted by Gasteiger charge is 2.33. The number of carbonyl (C=O) groups excluding carboxylic acids is 2. The summed E-state index contributed by atoms with van der Waals surface area (Å²) in [5.41, 5.74) is -0.889. The van der Waals surface area contributed by atoms with E-state index >= 15 is 0 Å². The van der Waals surface area contributed by atoms with E-state index in [1.807, 2.05) is 0 Å². The fourth-order valence-electron chi connectivity index (χ4n) is 1.92. The second-order valence-electron chi connectivity index (χ2n) is 4.93. The molecule has 4 nitrogen and oxygen atoms in total. The Kier molecular flexibility index (Phi) is 5.92. The molecule has 2 aromatic rings. The molecule has 0 unspecified atom stereocenters. The quantitative estimate of drug-likeness (QED) is 0.813. The first-order chi connectivity index (χ1) is 11.7. The summed E-state index contributed by atoms with van der Waals surface area (Å²) in [6.07, 6.45) is -4.64. The molecule has 0 radical (unpaired) electrons. The van der Waals surface area contributed by atoms with Crippen LogP contribution in [0.4, 0.5) is 18.9 Å². The highest BCUT2D eigenvalue weighted by molar-refractivity contribution is 6.31. The standard InChI is InChI=1S/C16H11Cl2F3N2O2/c17-10-3-1-2-9(6-10)15(25)22-8-14(24)23-11-4-5-13(18)12(7-11)16(19,20)21/h1-7H,8H2,(H,22,25)(H,23,24). The number of halogens is 5. The molecule has 0 aromatic heterocycles. The van der Waals surface area contributed by atoms with Gasteiger partial charge < -0.3 is 10.6 Å². The first-order valence-corrected chi connectivity index (χ1v) is 7.63. The van der Waals surface area contributed by atoms with Crippen molar-refractivity contribution in [2.24, 2.45) is 0 Å². The normalized spacial score (nSPS) is 11.1. The van der Waals surface area contributed by atoms with Crippen molar-refractivity contribution in [1.29, 1.82) is 0 Å². The molecule has 0 atom stereocenters. The first-order valence-electron chi connectivity index (χ1n) is 6.87. The van der Waals surface area contributed by atoms with Crippen molar-refractivity contribution in [3.8, 4) is 0 Å². The maximum Gasteiger partial charge on any atom is 0.417 e. The van der Waals surface area contributed by atoms with Crippen LogP contribution in [0.3, 0.4) is 0 Å². The van der Waals surface area contributed by atoms with Gasteiger partial charge in [0.05, 0.1) is 17.1 Å². The van der Waals surface area contributed by atoms with Gasteiger partial charge in [-0.05, 0) is 36.4 Å². The van der Waals surface area contributed by atoms with Crippen LogP contribution in [-0.2, 0) is 11.0 Å². The summed E-state index contributed by atoms with van der Waals surface area (Å²) in [7, 11) is 0. The fraction of sp³-hybridized carbons (Fsp3) is 0.125. The van der Waals surface area contributed by atoms with Crippen LogP contribution in [0, 0.1) is 0 Å². The number of hydrogen-bond donors (Lipinski definition) is 2. The van der Waals surface area contributed by atoms with Gasteiger partial charge in [0.25, 0.3) is 5.91 Å². The van der Waals surface area contributed by atoms with Crippen LogP contribution >= 0.6 is 23.2 Å². The molecule has 0 saturated heterocycles. The van der Waals surface area contributed by atoms with E-state index in [0.717, 1.165) is 12.1 Å². The smallest absolute Gasteiger partial charge is 0.343 e. The SMILES string of the molecule is O=C(CNC(=O)c1cccc(Cl)c1)Nc1ccc(Cl)c(C(F)(F)F)c1. The number of alkyl halides is 3. The van der Waals surface area contributed by atoms with Crippen LogP contribution in [0.25, 0.3) is 0 Å². The molecule has 0 saturated carbocycles. The lowest BCUT2D eigenvalue weighted by atomic mass is 10.2. The average molecular weight is 391 g/mol. The number of nitrogens with one attached hydrogen (secondary N) is 2. The number of benzene rings is 2. The molecule has 2 aromatic carbocycles. The van der Waals surface area contributed by atoms with E-state index in [1.54, 1.807) is 12.1 Å². The highest BCUT2D eigenvalue weighted by Crippen LogP contribution is 2.36. The molecule has 0 bridgehead atoms. The van der Waals surface area contributed by atoms with E-state index < -0.39 is 35.1 Å². The molecule has 9 heteroatoms. The van der Waals surface area contributed by atoms with Gasteiger partial charge in [0, 0.05) is 16.3 Å². The van der Waals surface area contributed by atoms with Gasteiger partial charge in [0.15, 0.2) is 0 Å². The number of rotatable bonds is 4. The van der Waals surface area contributed by atoms with Crippen molar-refractivity contribution in [2.75, 3.05) is 11.9 Å². The fourth-order valence-corrected chi connectivity index (χ4v) is 2.33. The van der Waals surface area contributed by atoms with E-state index in [4.69, 9.17) is 23.2 Å². The zero-order chi connectivity index (χ0) is 18.6. The minimum Gasteiger partial charge on any atom is -0.343 e. The third-order valence-electron chi connectivity index (χ3n) is 3.05. The summed E-state index contributed by atoms with van der Waals surface area (Å²) in [4.78, 5) is 23.7. The molecule has 0 fully saturated rings. The number of hydrogen-bond acceptors (Lipinski definition) is 2. The minimum atomic E-state index is -4.64. The minimum absolute atomic E-state index is 0.0845. The van der Waals surface area contributed by atoms with Crippen molar-refractivity contribution >= 4 is 40.7 Å². The van der Waals surface area contributed by atoms with E-state index in [-0.39, 0.29) is 11.3 Å². The molecule has 25 heavy (non-hydrogen) atoms. The van der Waals surface area contributed by atoms with E-state index in [0.29, 0.717) is 5.02 Å². The van der Waals surface area contributed by atoms with Gasteiger partial charge in [-0.1, -0.05) is 29.3 Å². The third kappa shape index (κ3) is 5.37. The van der Waals surface area contributed by atoms with E-state index in [9.17, 15) is 22.8 Å². The largest absolute Gasteiger partial charge is 0.417 e. The van der Waals surface area contributed by atoms with Gasteiger partial charge in [0.1, 0.15) is 0 Å². The van der Waals surface area contributed by atoms with Crippen molar-refractivity contribution in [3.63, 3.8) is 0 Å². The molecule has 0 aliphatic carbocycles. The van der Waals surface area contributed by atoms with E-state index in [1.165, 1.54) is 18.2 Å². The van der Waals surface area contributed by atoms with Crippen LogP contribution in [-0.4, -0.2) is 18.4 Å². The van der Waals surface area contributed by atoms with Crippen molar-refractivity contribution in [3.05, 3.63) is 63.6 Å². The molecule has 0 aliphatic heterocycles. The number of amides is 2. The Balaban J connectivity index is 1.98. The van der Waals surface area contributed by atoms with Crippen molar-refractivity contribution in [1.82, 2.24) is 5.32 Å². The van der Waals surface area contributed by atoms with Gasteiger partial charge in [-0.15, -0.1) is 0 Å². The summed E-state index contributed by atoms with van der Waals surface area (Å²) in [6.45, 7) is -0.421. The molecule has 0 heterocycles. The lowest BCUT2D eigenvalue weighted by molar-refractivity contribution is -0.137. The molecule has 2 N–H and O–H groups in total. The second kappa shape index (κ2) is 7.76. The summed E-state index contributed by atoms with van der Waals surface area (Å²) >= 11 is 11.3. The summed E-state index contributed by atoms with van der Waals surface area (Å²) in [5, 5.41) is 4.49. The molecular formula is C16H11Cl2F3N2O2. The van der Waals surface area contributed by atoms with Crippen molar-refractivity contribution < 1.29 is 22.8 Å². The van der Waals surface area contributed by atoms with Crippen LogP contribution in [0.5, 0.6) is 0 Å². The monoisotopic (exact) mass is 390 g/mol. The summed E-state index contributed by atoms with van der Waals surface area (Å²) < 4.78 is 38.3. The highest BCUT2D eigenvalue weighted by atomic mass is 35.5. The Morgan fingerprint density at radius 2 is 1.76 bits per heavy atom. The van der Waals surface area contributed by atoms with E-state index in [2.05, 4.69) is 10.6 Å². The van der Waals surface area contributed by atoms with Gasteiger partial charge >= 0.3 is 6.18 Å². The Morgan fingerprint density at radius 1 is 1.04 bits per heavy atom. The van der Waals surface area contributed by atoms with Gasteiger partial charge in [-0.25, -0.2) is 0 Å². The Hall–Kier alpha value is -2.25. The first kappa shape index (κ1) is 19.1. The average Bonchev–Trinajstić information content (AvgIpc) is 2.53. The van der Waals surface area contributed by atoms with Gasteiger partial charge in [-0.2, -0.15) is 13.2 Å². The predicted octanol–water partition coefficient (Wildman–Crippen LogP) is 4.38. The number of anilines is 1. The Bertz CT molecular complexity index is 810. The van der Waals surface area contributed by atoms with Crippen LogP contribution < -0.4 is 10.6 Å². The molecular weight excluding hydrogens is 380 g/mol. The lowest BCUT2D eigenvalue weighted by Gasteiger charge is -2.12. The van der Waals surface area contributed by atoms with Crippen LogP contribution in [0.1, 0.15) is 15.9 Å². The number of carbonyl (C=O) groups is 2. The Morgan fingerprint density at radius 3 is 2.40 bits per heavy atom. The molecule has 2 amide bonds.